The second-order valence-electron chi connectivity index (χ2n) is 7.44. The monoisotopic (exact) mass is 470 g/mol. The fraction of sp³-hybridized carbons (Fsp3) is 0.333. The molecule has 2 rings (SSSR count). The Kier molecular flexibility index (Phi) is 9.88. The van der Waals surface area contributed by atoms with Crippen LogP contribution in [0.1, 0.15) is 48.6 Å². The van der Waals surface area contributed by atoms with E-state index in [1.165, 1.54) is 24.3 Å². The smallest absolute Gasteiger partial charge is 0.119 e. The van der Waals surface area contributed by atoms with Crippen molar-refractivity contribution < 1.29 is 49.1 Å². The lowest BCUT2D eigenvalue weighted by Crippen LogP contribution is -2.34. The van der Waals surface area contributed by atoms with E-state index in [9.17, 15) is 39.6 Å². The first-order chi connectivity index (χ1) is 16.2. The third-order valence-corrected chi connectivity index (χ3v) is 4.95. The summed E-state index contributed by atoms with van der Waals surface area (Å²) < 4.78 is 11.1. The number of ether oxygens (including phenoxy) is 2. The van der Waals surface area contributed by atoms with Gasteiger partial charge in [0.2, 0.25) is 0 Å². The van der Waals surface area contributed by atoms with Crippen molar-refractivity contribution in [1.29, 1.82) is 0 Å². The van der Waals surface area contributed by atoms with Crippen LogP contribution in [0.4, 0.5) is 0 Å². The standard InChI is InChI=1S/C24H26O10/c25-21(26)13-19(23(29)30)15-3-7-17(8-4-15)33-11-1-2-12-34-18-9-5-16(6-10-18)20(24(31)32)14-22(27)28/h3-10,19-20H,1-2,11-14H2,(H,25,26)(H,27,28)(H,29,30)(H,31,32)/p-4/t19-,20+. The van der Waals surface area contributed by atoms with Crippen molar-refractivity contribution in [3.05, 3.63) is 59.7 Å². The molecule has 34 heavy (non-hydrogen) atoms. The van der Waals surface area contributed by atoms with Crippen LogP contribution in [-0.4, -0.2) is 37.1 Å². The number of hydrogen-bond donors (Lipinski definition) is 0. The molecule has 2 aromatic rings. The summed E-state index contributed by atoms with van der Waals surface area (Å²) in [6, 6.07) is 12.0. The van der Waals surface area contributed by atoms with Crippen LogP contribution >= 0.6 is 0 Å². The van der Waals surface area contributed by atoms with E-state index >= 15 is 0 Å². The Balaban J connectivity index is 1.73. The van der Waals surface area contributed by atoms with Crippen molar-refractivity contribution in [2.45, 2.75) is 37.5 Å². The number of benzene rings is 2. The van der Waals surface area contributed by atoms with Gasteiger partial charge in [-0.15, -0.1) is 0 Å². The van der Waals surface area contributed by atoms with Gasteiger partial charge in [0.05, 0.1) is 13.2 Å². The minimum absolute atomic E-state index is 0.279. The molecule has 10 heteroatoms. The van der Waals surface area contributed by atoms with Crippen LogP contribution in [-0.2, 0) is 19.2 Å². The highest BCUT2D eigenvalue weighted by molar-refractivity contribution is 5.81. The van der Waals surface area contributed by atoms with Gasteiger partial charge in [-0.25, -0.2) is 0 Å². The average molecular weight is 470 g/mol. The van der Waals surface area contributed by atoms with Crippen LogP contribution in [0, 0.1) is 0 Å². The minimum Gasteiger partial charge on any atom is -0.550 e. The maximum Gasteiger partial charge on any atom is 0.119 e. The molecule has 2 aromatic carbocycles. The fourth-order valence-corrected chi connectivity index (χ4v) is 3.18. The maximum atomic E-state index is 11.1. The number of carboxylic acids is 4. The van der Waals surface area contributed by atoms with Crippen molar-refractivity contribution in [3.63, 3.8) is 0 Å². The van der Waals surface area contributed by atoms with Crippen LogP contribution < -0.4 is 29.9 Å². The molecule has 0 bridgehead atoms. The number of hydrogen-bond acceptors (Lipinski definition) is 10. The second kappa shape index (κ2) is 12.8. The van der Waals surface area contributed by atoms with Crippen molar-refractivity contribution in [3.8, 4) is 11.5 Å². The molecule has 10 nitrogen and oxygen atoms in total. The quantitative estimate of drug-likeness (QED) is 0.261. The zero-order valence-corrected chi connectivity index (χ0v) is 18.1. The van der Waals surface area contributed by atoms with Crippen LogP contribution in [0.3, 0.4) is 0 Å². The normalized spacial score (nSPS) is 12.4. The van der Waals surface area contributed by atoms with Crippen molar-refractivity contribution >= 4 is 23.9 Å². The van der Waals surface area contributed by atoms with E-state index in [1.807, 2.05) is 0 Å². The number of unbranched alkanes of at least 4 members (excludes halogenated alkanes) is 1. The van der Waals surface area contributed by atoms with E-state index in [0.717, 1.165) is 0 Å². The lowest BCUT2D eigenvalue weighted by atomic mass is 9.96. The first-order valence-corrected chi connectivity index (χ1v) is 10.4. The SMILES string of the molecule is O=C([O-])C[C@H](C(=O)[O-])c1ccc(OCCCCOc2ccc([C@@H](CC(=O)[O-])C(=O)[O-])cc2)cc1. The molecule has 0 unspecified atom stereocenters. The van der Waals surface area contributed by atoms with Gasteiger partial charge in [-0.05, 0) is 61.1 Å². The Morgan fingerprint density at radius 1 is 0.588 bits per heavy atom. The molecule has 0 spiro atoms. The number of carbonyl (C=O) groups excluding carboxylic acids is 4. The minimum atomic E-state index is -1.50. The average Bonchev–Trinajstić information content (AvgIpc) is 2.78. The Morgan fingerprint density at radius 2 is 0.912 bits per heavy atom. The lowest BCUT2D eigenvalue weighted by Gasteiger charge is -2.19. The maximum absolute atomic E-state index is 11.1. The first-order valence-electron chi connectivity index (χ1n) is 10.4. The summed E-state index contributed by atoms with van der Waals surface area (Å²) in [6.45, 7) is 0.724. The summed E-state index contributed by atoms with van der Waals surface area (Å²) in [5.41, 5.74) is 0.558. The van der Waals surface area contributed by atoms with Gasteiger partial charge in [0.1, 0.15) is 11.5 Å². The highest BCUT2D eigenvalue weighted by Gasteiger charge is 2.14. The van der Waals surface area contributed by atoms with Crippen molar-refractivity contribution in [1.82, 2.24) is 0 Å². The van der Waals surface area contributed by atoms with Crippen LogP contribution in [0.2, 0.25) is 0 Å². The van der Waals surface area contributed by atoms with Crippen LogP contribution in [0.15, 0.2) is 48.5 Å². The summed E-state index contributed by atoms with van der Waals surface area (Å²) in [5.74, 6) is -7.57. The highest BCUT2D eigenvalue weighted by Crippen LogP contribution is 2.23. The summed E-state index contributed by atoms with van der Waals surface area (Å²) >= 11 is 0. The summed E-state index contributed by atoms with van der Waals surface area (Å²) in [4.78, 5) is 43.6. The summed E-state index contributed by atoms with van der Waals surface area (Å²) in [7, 11) is 0. The number of carbonyl (C=O) groups is 4. The first kappa shape index (κ1) is 26.2. The van der Waals surface area contributed by atoms with Crippen molar-refractivity contribution in [2.75, 3.05) is 13.2 Å². The fourth-order valence-electron chi connectivity index (χ4n) is 3.18. The Labute approximate surface area is 195 Å². The van der Waals surface area contributed by atoms with Gasteiger partial charge < -0.3 is 49.1 Å². The molecule has 0 fully saturated rings. The number of aliphatic carboxylic acids is 4. The number of rotatable bonds is 15. The van der Waals surface area contributed by atoms with Gasteiger partial charge in [-0.1, -0.05) is 24.3 Å². The molecule has 0 aliphatic heterocycles. The molecule has 0 aromatic heterocycles. The highest BCUT2D eigenvalue weighted by atomic mass is 16.5. The third kappa shape index (κ3) is 8.45. The zero-order valence-electron chi connectivity index (χ0n) is 18.1. The molecule has 2 atom stereocenters. The predicted octanol–water partition coefficient (Wildman–Crippen LogP) is -2.13. The van der Waals surface area contributed by atoms with Gasteiger partial charge in [0.25, 0.3) is 0 Å². The molecule has 182 valence electrons. The molecular weight excluding hydrogens is 448 g/mol. The van der Waals surface area contributed by atoms with Crippen LogP contribution in [0.5, 0.6) is 11.5 Å². The molecule has 0 aliphatic rings. The molecule has 0 N–H and O–H groups in total. The van der Waals surface area contributed by atoms with Gasteiger partial charge in [0, 0.05) is 35.7 Å². The summed E-state index contributed by atoms with van der Waals surface area (Å²) in [5, 5.41) is 43.6. The van der Waals surface area contributed by atoms with E-state index in [-0.39, 0.29) is 11.1 Å². The van der Waals surface area contributed by atoms with Crippen LogP contribution in [0.25, 0.3) is 0 Å². The lowest BCUT2D eigenvalue weighted by molar-refractivity contribution is -0.317. The van der Waals surface area contributed by atoms with Crippen molar-refractivity contribution in [2.24, 2.45) is 0 Å². The molecule has 0 amide bonds. The molecule has 0 aliphatic carbocycles. The molecule has 0 radical (unpaired) electrons. The van der Waals surface area contributed by atoms with Gasteiger partial charge in [0.15, 0.2) is 0 Å². The molecule has 0 saturated carbocycles. The van der Waals surface area contributed by atoms with E-state index in [4.69, 9.17) is 9.47 Å². The Hall–Kier alpha value is -4.08. The zero-order chi connectivity index (χ0) is 25.1. The van der Waals surface area contributed by atoms with E-state index in [0.29, 0.717) is 37.6 Å². The van der Waals surface area contributed by atoms with E-state index < -0.39 is 48.6 Å². The molecular formula is C24H22O10-4. The predicted molar refractivity (Wildman–Crippen MR) is 108 cm³/mol. The largest absolute Gasteiger partial charge is 0.550 e. The summed E-state index contributed by atoms with van der Waals surface area (Å²) in [6.07, 6.45) is -0.0695. The van der Waals surface area contributed by atoms with E-state index in [1.54, 1.807) is 24.3 Å². The Morgan fingerprint density at radius 3 is 1.18 bits per heavy atom. The topological polar surface area (TPSA) is 179 Å². The second-order valence-corrected chi connectivity index (χ2v) is 7.44. The molecule has 0 saturated heterocycles. The third-order valence-electron chi connectivity index (χ3n) is 4.95. The Bertz CT molecular complexity index is 900. The van der Waals surface area contributed by atoms with Gasteiger partial charge >= 0.3 is 0 Å². The van der Waals surface area contributed by atoms with Gasteiger partial charge in [-0.3, -0.25) is 0 Å². The van der Waals surface area contributed by atoms with E-state index in [2.05, 4.69) is 0 Å². The molecule has 0 heterocycles. The number of carboxylic acid groups (broad SMARTS) is 4. The van der Waals surface area contributed by atoms with Gasteiger partial charge in [-0.2, -0.15) is 0 Å².